The number of rotatable bonds is 4. The van der Waals surface area contributed by atoms with E-state index in [1.807, 2.05) is 0 Å². The highest BCUT2D eigenvalue weighted by atomic mass is 35.5. The highest BCUT2D eigenvalue weighted by Crippen LogP contribution is 2.43. The molecule has 1 saturated heterocycles. The number of benzene rings is 2. The summed E-state index contributed by atoms with van der Waals surface area (Å²) in [5.41, 5.74) is 0.659. The Morgan fingerprint density at radius 3 is 2.55 bits per heavy atom. The van der Waals surface area contributed by atoms with Gasteiger partial charge in [0.25, 0.3) is 11.7 Å². The fraction of sp³-hybridized carbons (Fsp3) is 0.0870. The van der Waals surface area contributed by atoms with Crippen LogP contribution in [0.2, 0.25) is 5.02 Å². The summed E-state index contributed by atoms with van der Waals surface area (Å²) in [6.07, 6.45) is 3.00. The fourth-order valence-corrected chi connectivity index (χ4v) is 3.75. The van der Waals surface area contributed by atoms with Gasteiger partial charge in [0.1, 0.15) is 17.3 Å². The minimum Gasteiger partial charge on any atom is -0.507 e. The van der Waals surface area contributed by atoms with E-state index in [1.54, 1.807) is 18.2 Å². The molecular formula is C23H16ClFN2O4. The lowest BCUT2D eigenvalue weighted by Gasteiger charge is -2.25. The van der Waals surface area contributed by atoms with Crippen molar-refractivity contribution < 1.29 is 23.8 Å². The number of carbonyl (C=O) groups is 2. The van der Waals surface area contributed by atoms with E-state index in [9.17, 15) is 19.1 Å². The second kappa shape index (κ2) is 8.20. The summed E-state index contributed by atoms with van der Waals surface area (Å²) >= 11 is 6.26. The fourth-order valence-electron chi connectivity index (χ4n) is 3.54. The molecule has 1 amide bonds. The Kier molecular flexibility index (Phi) is 5.44. The number of hydrogen-bond acceptors (Lipinski definition) is 5. The predicted octanol–water partition coefficient (Wildman–Crippen LogP) is 4.51. The minimum atomic E-state index is -1.01. The molecule has 0 aliphatic carbocycles. The smallest absolute Gasteiger partial charge is 0.300 e. The Balaban J connectivity index is 1.97. The Morgan fingerprint density at radius 1 is 1.13 bits per heavy atom. The van der Waals surface area contributed by atoms with Gasteiger partial charge in [0.15, 0.2) is 0 Å². The number of hydrogen-bond donors (Lipinski definition) is 1. The first-order chi connectivity index (χ1) is 14.9. The standard InChI is InChI=1S/C23H16ClFN2O4/c1-31-16-5-6-18(24)17(12-16)21(28)19-20(13-7-9-26-10-8-13)27(23(30)22(19)29)15-4-2-3-14(25)11-15/h2-12,20,28H,1H3/b21-19+. The summed E-state index contributed by atoms with van der Waals surface area (Å²) < 4.78 is 19.1. The molecule has 31 heavy (non-hydrogen) atoms. The lowest BCUT2D eigenvalue weighted by Crippen LogP contribution is -2.29. The second-order valence-electron chi connectivity index (χ2n) is 6.78. The maximum Gasteiger partial charge on any atom is 0.300 e. The van der Waals surface area contributed by atoms with Crippen molar-refractivity contribution in [2.75, 3.05) is 12.0 Å². The van der Waals surface area contributed by atoms with Gasteiger partial charge in [-0.1, -0.05) is 17.7 Å². The first-order valence-corrected chi connectivity index (χ1v) is 9.60. The third-order valence-electron chi connectivity index (χ3n) is 4.98. The average molecular weight is 439 g/mol. The molecule has 0 saturated carbocycles. The van der Waals surface area contributed by atoms with Gasteiger partial charge in [0, 0.05) is 23.6 Å². The number of Topliss-reactive ketones (excluding diaryl/α,β-unsaturated/α-hetero) is 1. The van der Waals surface area contributed by atoms with Crippen LogP contribution in [0.4, 0.5) is 10.1 Å². The zero-order valence-corrected chi connectivity index (χ0v) is 17.0. The highest BCUT2D eigenvalue weighted by molar-refractivity contribution is 6.52. The molecule has 8 heteroatoms. The van der Waals surface area contributed by atoms with E-state index in [4.69, 9.17) is 16.3 Å². The quantitative estimate of drug-likeness (QED) is 0.368. The zero-order chi connectivity index (χ0) is 22.1. The summed E-state index contributed by atoms with van der Waals surface area (Å²) in [5, 5.41) is 11.3. The van der Waals surface area contributed by atoms with Crippen LogP contribution in [0.25, 0.3) is 5.76 Å². The summed E-state index contributed by atoms with van der Waals surface area (Å²) in [7, 11) is 1.45. The van der Waals surface area contributed by atoms with Crippen molar-refractivity contribution in [3.63, 3.8) is 0 Å². The molecule has 1 aliphatic heterocycles. The monoisotopic (exact) mass is 438 g/mol. The van der Waals surface area contributed by atoms with Crippen molar-refractivity contribution in [3.05, 3.63) is 94.5 Å². The van der Waals surface area contributed by atoms with Gasteiger partial charge in [-0.05, 0) is 54.1 Å². The number of aliphatic hydroxyl groups is 1. The van der Waals surface area contributed by atoms with E-state index >= 15 is 0 Å². The number of ether oxygens (including phenoxy) is 1. The van der Waals surface area contributed by atoms with Gasteiger partial charge < -0.3 is 9.84 Å². The number of methoxy groups -OCH3 is 1. The molecule has 0 spiro atoms. The topological polar surface area (TPSA) is 79.7 Å². The highest BCUT2D eigenvalue weighted by Gasteiger charge is 2.47. The predicted molar refractivity (Wildman–Crippen MR) is 113 cm³/mol. The molecule has 1 N–H and O–H groups in total. The zero-order valence-electron chi connectivity index (χ0n) is 16.3. The third-order valence-corrected chi connectivity index (χ3v) is 5.31. The Labute approximate surface area is 182 Å². The van der Waals surface area contributed by atoms with Gasteiger partial charge >= 0.3 is 0 Å². The normalized spacial score (nSPS) is 17.8. The maximum absolute atomic E-state index is 13.9. The maximum atomic E-state index is 13.9. The van der Waals surface area contributed by atoms with Gasteiger partial charge in [-0.25, -0.2) is 4.39 Å². The van der Waals surface area contributed by atoms with Crippen LogP contribution >= 0.6 is 11.6 Å². The molecule has 156 valence electrons. The lowest BCUT2D eigenvalue weighted by atomic mass is 9.95. The number of amides is 1. The van der Waals surface area contributed by atoms with Crippen LogP contribution in [0, 0.1) is 5.82 Å². The molecular weight excluding hydrogens is 423 g/mol. The number of nitrogens with zero attached hydrogens (tertiary/aromatic N) is 2. The Hall–Kier alpha value is -3.71. The molecule has 1 fully saturated rings. The van der Waals surface area contributed by atoms with Gasteiger partial charge in [-0.2, -0.15) is 0 Å². The summed E-state index contributed by atoms with van der Waals surface area (Å²) in [4.78, 5) is 31.2. The molecule has 1 unspecified atom stereocenters. The van der Waals surface area contributed by atoms with E-state index in [0.717, 1.165) is 11.0 Å². The van der Waals surface area contributed by atoms with Crippen LogP contribution in [-0.2, 0) is 9.59 Å². The summed E-state index contributed by atoms with van der Waals surface area (Å²) in [6, 6.07) is 12.1. The number of carbonyl (C=O) groups excluding carboxylic acids is 2. The van der Waals surface area contributed by atoms with Crippen LogP contribution in [-0.4, -0.2) is 28.9 Å². The largest absolute Gasteiger partial charge is 0.507 e. The van der Waals surface area contributed by atoms with Crippen LogP contribution in [0.3, 0.4) is 0 Å². The first kappa shape index (κ1) is 20.6. The molecule has 1 aromatic heterocycles. The van der Waals surface area contributed by atoms with Crippen LogP contribution < -0.4 is 9.64 Å². The molecule has 0 bridgehead atoms. The van der Waals surface area contributed by atoms with Gasteiger partial charge in [0.2, 0.25) is 0 Å². The van der Waals surface area contributed by atoms with Crippen molar-refractivity contribution in [1.82, 2.24) is 4.98 Å². The van der Waals surface area contributed by atoms with E-state index < -0.39 is 29.3 Å². The number of halogens is 2. The number of pyridine rings is 1. The molecule has 1 aliphatic rings. The van der Waals surface area contributed by atoms with Gasteiger partial charge in [-0.3, -0.25) is 19.5 Å². The SMILES string of the molecule is COc1ccc(Cl)c(/C(O)=C2\C(=O)C(=O)N(c3cccc(F)c3)C2c2ccncc2)c1. The first-order valence-electron chi connectivity index (χ1n) is 9.22. The lowest BCUT2D eigenvalue weighted by molar-refractivity contribution is -0.132. The molecule has 1 atom stereocenters. The van der Waals surface area contributed by atoms with Crippen molar-refractivity contribution in [2.45, 2.75) is 6.04 Å². The van der Waals surface area contributed by atoms with Crippen molar-refractivity contribution in [1.29, 1.82) is 0 Å². The molecule has 2 aromatic carbocycles. The van der Waals surface area contributed by atoms with Gasteiger partial charge in [-0.15, -0.1) is 0 Å². The molecule has 4 rings (SSSR count). The third kappa shape index (κ3) is 3.64. The Morgan fingerprint density at radius 2 is 1.87 bits per heavy atom. The second-order valence-corrected chi connectivity index (χ2v) is 7.18. The van der Waals surface area contributed by atoms with Crippen molar-refractivity contribution in [2.24, 2.45) is 0 Å². The van der Waals surface area contributed by atoms with E-state index in [2.05, 4.69) is 4.98 Å². The van der Waals surface area contributed by atoms with E-state index in [-0.39, 0.29) is 21.8 Å². The summed E-state index contributed by atoms with van der Waals surface area (Å²) in [5.74, 6) is -2.42. The molecule has 6 nitrogen and oxygen atoms in total. The molecule has 3 aromatic rings. The minimum absolute atomic E-state index is 0.136. The number of aliphatic hydroxyl groups excluding tert-OH is 1. The van der Waals surface area contributed by atoms with E-state index in [0.29, 0.717) is 11.3 Å². The van der Waals surface area contributed by atoms with Crippen molar-refractivity contribution >= 4 is 34.7 Å². The summed E-state index contributed by atoms with van der Waals surface area (Å²) in [6.45, 7) is 0. The number of aromatic nitrogens is 1. The van der Waals surface area contributed by atoms with Crippen LogP contribution in [0.1, 0.15) is 17.2 Å². The van der Waals surface area contributed by atoms with Crippen molar-refractivity contribution in [3.8, 4) is 5.75 Å². The average Bonchev–Trinajstić information content (AvgIpc) is 3.05. The van der Waals surface area contributed by atoms with E-state index in [1.165, 1.54) is 49.8 Å². The number of anilines is 1. The molecule has 0 radical (unpaired) electrons. The number of ketones is 1. The molecule has 2 heterocycles. The van der Waals surface area contributed by atoms with Gasteiger partial charge in [0.05, 0.1) is 23.7 Å². The van der Waals surface area contributed by atoms with Crippen LogP contribution in [0.5, 0.6) is 5.75 Å². The van der Waals surface area contributed by atoms with Crippen LogP contribution in [0.15, 0.2) is 72.6 Å². The Bertz CT molecular complexity index is 1210.